The van der Waals surface area contributed by atoms with Gasteiger partial charge in [-0.05, 0) is 263 Å². The number of piperidine rings is 6. The van der Waals surface area contributed by atoms with Crippen molar-refractivity contribution in [3.8, 4) is 0 Å². The molecule has 0 bridgehead atoms. The Balaban J connectivity index is 0.000000123. The molecule has 12 aliphatic rings. The molecule has 12 fully saturated rings. The number of nitro groups is 1. The maximum absolute atomic E-state index is 13.0. The van der Waals surface area contributed by atoms with E-state index in [1.807, 2.05) is 49.3 Å². The molecule has 0 atom stereocenters. The highest BCUT2D eigenvalue weighted by Gasteiger charge is 2.51. The summed E-state index contributed by atoms with van der Waals surface area (Å²) in [4.78, 5) is 41.0. The van der Waals surface area contributed by atoms with Crippen LogP contribution in [0.5, 0.6) is 0 Å². The highest BCUT2D eigenvalue weighted by Crippen LogP contribution is 2.54. The van der Waals surface area contributed by atoms with Crippen molar-refractivity contribution >= 4 is 43.2 Å². The van der Waals surface area contributed by atoms with Gasteiger partial charge < -0.3 is 60.4 Å². The van der Waals surface area contributed by atoms with Crippen LogP contribution in [0, 0.1) is 42.6 Å². The fourth-order valence-corrected chi connectivity index (χ4v) is 17.2. The number of amides is 1. The van der Waals surface area contributed by atoms with Crippen molar-refractivity contribution in [3.63, 3.8) is 0 Å². The normalized spacial score (nSPS) is 25.9. The van der Waals surface area contributed by atoms with Crippen LogP contribution in [0.3, 0.4) is 0 Å². The number of alkyl halides is 4. The summed E-state index contributed by atoms with van der Waals surface area (Å²) in [5, 5.41) is 51.3. The van der Waals surface area contributed by atoms with Gasteiger partial charge in [-0.1, -0.05) is 30.3 Å². The SMILES string of the molecule is CB(O)N1CCC2(CC1)CC(F)C2.CB(O)N1CCC2(CC1)CC(O)C2.FC1CC2(CCNCC2)C1.Nc1ccc(N2CCC3(CC2)CC(F)C3)nc1.O=C(OCc1ccccc1)N1CCC2(CC1)CC(O)C2.O=[N+]([O-])c1ccc(N2CCC3(CC2)CC(F)C3)nc1. The first-order valence-corrected chi connectivity index (χ1v) is 34.7. The third-order valence-corrected chi connectivity index (χ3v) is 23.6. The van der Waals surface area contributed by atoms with Crippen LogP contribution in [0.15, 0.2) is 67.0 Å². The molecule has 8 heterocycles. The number of aliphatic hydroxyl groups is 2. The molecule has 6 spiro atoms. The minimum absolute atomic E-state index is 0.0106. The Bertz CT molecular complexity index is 2700. The van der Waals surface area contributed by atoms with Crippen molar-refractivity contribution in [1.82, 2.24) is 29.8 Å². The molecular weight excluding hydrogens is 1180 g/mol. The minimum atomic E-state index is -0.607. The van der Waals surface area contributed by atoms with Gasteiger partial charge in [-0.15, -0.1) is 0 Å². The summed E-state index contributed by atoms with van der Waals surface area (Å²) in [5.74, 6) is 1.77. The molecule has 3 aromatic rings. The maximum Gasteiger partial charge on any atom is 0.410 e. The highest BCUT2D eigenvalue weighted by molar-refractivity contribution is 6.45. The molecule has 6 saturated carbocycles. The Morgan fingerprint density at radius 2 is 0.913 bits per heavy atom. The van der Waals surface area contributed by atoms with E-state index in [9.17, 15) is 52.7 Å². The van der Waals surface area contributed by atoms with Crippen molar-refractivity contribution in [2.75, 3.05) is 94.1 Å². The van der Waals surface area contributed by atoms with Gasteiger partial charge in [0.2, 0.25) is 0 Å². The van der Waals surface area contributed by atoms with E-state index in [1.54, 1.807) is 24.0 Å². The molecule has 0 radical (unpaired) electrons. The average Bonchev–Trinajstić information content (AvgIpc) is 0.848. The number of hydrogen-bond donors (Lipinski definition) is 6. The van der Waals surface area contributed by atoms with Crippen molar-refractivity contribution in [3.05, 3.63) is 82.7 Å². The van der Waals surface area contributed by atoms with E-state index in [-0.39, 0.29) is 43.5 Å². The molecule has 0 unspecified atom stereocenters. The van der Waals surface area contributed by atoms with Gasteiger partial charge in [0.15, 0.2) is 0 Å². The number of hydrogen-bond acceptors (Lipinski definition) is 16. The second-order valence-electron chi connectivity index (χ2n) is 30.3. The molecule has 508 valence electrons. The predicted octanol–water partition coefficient (Wildman–Crippen LogP) is 10.8. The first-order valence-electron chi connectivity index (χ1n) is 34.7. The lowest BCUT2D eigenvalue weighted by Crippen LogP contribution is -2.52. The first-order chi connectivity index (χ1) is 43.9. The number of carbonyl (C=O) groups excluding carboxylic acids is 1. The number of aromatic nitrogens is 2. The van der Waals surface area contributed by atoms with E-state index >= 15 is 0 Å². The zero-order valence-corrected chi connectivity index (χ0v) is 54.7. The summed E-state index contributed by atoms with van der Waals surface area (Å²) < 4.78 is 56.6. The molecule has 6 aliphatic heterocycles. The molecule has 1 amide bonds. The fourth-order valence-electron chi connectivity index (χ4n) is 17.2. The summed E-state index contributed by atoms with van der Waals surface area (Å²) >= 11 is 0. The molecule has 6 saturated heterocycles. The lowest BCUT2D eigenvalue weighted by Gasteiger charge is -2.50. The number of rotatable bonds is 7. The lowest BCUT2D eigenvalue weighted by atomic mass is 9.60. The molecule has 6 aliphatic carbocycles. The van der Waals surface area contributed by atoms with Crippen LogP contribution in [-0.2, 0) is 11.3 Å². The number of ether oxygens (including phenoxy) is 1. The molecule has 18 nitrogen and oxygen atoms in total. The molecule has 92 heavy (non-hydrogen) atoms. The third kappa shape index (κ3) is 18.2. The number of aliphatic hydroxyl groups excluding tert-OH is 2. The van der Waals surface area contributed by atoms with Gasteiger partial charge in [0.25, 0.3) is 5.69 Å². The van der Waals surface area contributed by atoms with Crippen LogP contribution in [0.1, 0.15) is 160 Å². The minimum Gasteiger partial charge on any atom is -0.445 e. The number of nitrogens with zero attached hydrogens (tertiary/aromatic N) is 8. The van der Waals surface area contributed by atoms with Crippen molar-refractivity contribution in [1.29, 1.82) is 0 Å². The van der Waals surface area contributed by atoms with Gasteiger partial charge in [-0.2, -0.15) is 0 Å². The second kappa shape index (κ2) is 30.5. The maximum atomic E-state index is 13.0. The van der Waals surface area contributed by atoms with E-state index in [2.05, 4.69) is 34.7 Å². The van der Waals surface area contributed by atoms with Crippen molar-refractivity contribution in [2.45, 2.75) is 211 Å². The summed E-state index contributed by atoms with van der Waals surface area (Å²) in [6.07, 6.45) is 23.4. The molecular formula is C68H104B2F4N10O8. The molecule has 1 aromatic carbocycles. The Morgan fingerprint density at radius 3 is 1.25 bits per heavy atom. The van der Waals surface area contributed by atoms with Crippen LogP contribution in [0.4, 0.5) is 45.4 Å². The monoisotopic (exact) mass is 1290 g/mol. The second-order valence-corrected chi connectivity index (χ2v) is 30.3. The number of nitrogens with one attached hydrogen (secondary N) is 1. The molecule has 2 aromatic heterocycles. The van der Waals surface area contributed by atoms with Crippen LogP contribution in [0.2, 0.25) is 13.6 Å². The number of halogens is 4. The first kappa shape index (κ1) is 70.0. The molecule has 15 rings (SSSR count). The van der Waals surface area contributed by atoms with Gasteiger partial charge in [0, 0.05) is 45.3 Å². The number of nitrogens with two attached hydrogens (primary N) is 1. The van der Waals surface area contributed by atoms with Gasteiger partial charge in [0.1, 0.15) is 49.1 Å². The summed E-state index contributed by atoms with van der Waals surface area (Å²) in [5.41, 5.74) is 9.35. The zero-order chi connectivity index (χ0) is 65.3. The number of carbonyl (C=O) groups is 1. The lowest BCUT2D eigenvalue weighted by molar-refractivity contribution is -0.385. The van der Waals surface area contributed by atoms with E-state index in [1.165, 1.54) is 25.1 Å². The Labute approximate surface area is 543 Å². The number of nitrogen functional groups attached to an aromatic ring is 1. The van der Waals surface area contributed by atoms with Crippen LogP contribution in [-0.4, -0.2) is 185 Å². The van der Waals surface area contributed by atoms with E-state index < -0.39 is 29.6 Å². The zero-order valence-electron chi connectivity index (χ0n) is 54.7. The number of anilines is 3. The van der Waals surface area contributed by atoms with Crippen LogP contribution in [0.25, 0.3) is 0 Å². The van der Waals surface area contributed by atoms with E-state index in [0.29, 0.717) is 52.2 Å². The van der Waals surface area contributed by atoms with Gasteiger partial charge >= 0.3 is 20.2 Å². The molecule has 24 heteroatoms. The topological polar surface area (TPSA) is 230 Å². The van der Waals surface area contributed by atoms with E-state index in [4.69, 9.17) is 10.5 Å². The standard InChI is InChI=1S/C16H21NO3.C13H16FN3O2.C13H18FN3.C9H17BFNO.C9H18BNO2.C8H14FN/c18-14-10-16(11-14)6-8-17(9-7-16)15(19)20-12-13-4-2-1-3-5-13;14-10-7-13(8-10)3-5-16(6-4-13)12-2-1-11(9-15-12)17(18)19;14-10-7-13(8-10)3-5-17(6-4-13)12-2-1-11(15)9-16-12;1-10(13)12-4-2-9(3-5-12)6-8(11)7-9;1-10(13)11-4-2-9(3-5-11)6-8(12)7-9;9-7-5-8(6-7)1-3-10-4-2-8/h1-5,14,18H,6-12H2;1-2,9-10H,3-8H2;1-2,9-10H,3-8,15H2;8,13H,2-7H2,1H3;8,12-13H,2-7H2,1H3;7,10H,1-6H2. The third-order valence-electron chi connectivity index (χ3n) is 23.6. The molecule has 7 N–H and O–H groups in total. The summed E-state index contributed by atoms with van der Waals surface area (Å²) in [7, 11) is -0.638. The van der Waals surface area contributed by atoms with Crippen LogP contribution < -0.4 is 20.9 Å². The smallest absolute Gasteiger partial charge is 0.410 e. The van der Waals surface area contributed by atoms with Gasteiger partial charge in [0.05, 0.1) is 29.0 Å². The predicted molar refractivity (Wildman–Crippen MR) is 353 cm³/mol. The Morgan fingerprint density at radius 1 is 0.554 bits per heavy atom. The highest BCUT2D eigenvalue weighted by atomic mass is 19.1. The van der Waals surface area contributed by atoms with E-state index in [0.717, 1.165) is 224 Å². The van der Waals surface area contributed by atoms with Gasteiger partial charge in [-0.25, -0.2) is 32.3 Å². The Hall–Kier alpha value is -4.84. The van der Waals surface area contributed by atoms with Gasteiger partial charge in [-0.3, -0.25) is 10.1 Å². The quantitative estimate of drug-likeness (QED) is 0.0559. The van der Waals surface area contributed by atoms with Crippen molar-refractivity contribution < 1.29 is 52.3 Å². The van der Waals surface area contributed by atoms with Crippen LogP contribution >= 0.6 is 0 Å². The average molecular weight is 1290 g/mol. The summed E-state index contributed by atoms with van der Waals surface area (Å²) in [6.45, 7) is 15.2. The fraction of sp³-hybridized carbons (Fsp3) is 0.750. The number of likely N-dealkylation sites (tertiary alicyclic amines) is 1. The van der Waals surface area contributed by atoms with Crippen molar-refractivity contribution in [2.24, 2.45) is 32.5 Å². The Kier molecular flexibility index (Phi) is 23.2. The number of pyridine rings is 2. The largest absolute Gasteiger partial charge is 0.445 e. The number of benzene rings is 1. The summed E-state index contributed by atoms with van der Waals surface area (Å²) in [6, 6.07) is 16.7.